The molecule has 1 aromatic carbocycles. The molecule has 3 rings (SSSR count). The first-order chi connectivity index (χ1) is 13.7. The van der Waals surface area contributed by atoms with Crippen LogP contribution < -0.4 is 9.47 Å². The van der Waals surface area contributed by atoms with Crippen LogP contribution in [-0.4, -0.2) is 52.4 Å². The molecule has 0 bridgehead atoms. The number of pyridine rings is 1. The number of likely N-dealkylation sites (tertiary alicyclic amines) is 1. The second kappa shape index (κ2) is 9.09. The van der Waals surface area contributed by atoms with Crippen molar-refractivity contribution in [2.24, 2.45) is 0 Å². The van der Waals surface area contributed by atoms with E-state index in [-0.39, 0.29) is 18.0 Å². The molecule has 158 valence electrons. The molecule has 0 amide bonds. The fraction of sp³-hybridized carbons (Fsp3) is 0.522. The Morgan fingerprint density at radius 2 is 1.83 bits per heavy atom. The SMILES string of the molecule is CC(C)(C)Oc1cccc(CCN2CCC(O)(COc3ccccc3F)CC2)n1. The summed E-state index contributed by atoms with van der Waals surface area (Å²) in [5.74, 6) is 0.429. The Morgan fingerprint density at radius 1 is 1.10 bits per heavy atom. The van der Waals surface area contributed by atoms with E-state index in [0.717, 1.165) is 31.7 Å². The number of halogens is 1. The summed E-state index contributed by atoms with van der Waals surface area (Å²) >= 11 is 0. The molecule has 0 radical (unpaired) electrons. The van der Waals surface area contributed by atoms with E-state index >= 15 is 0 Å². The predicted molar refractivity (Wildman–Crippen MR) is 111 cm³/mol. The fourth-order valence-corrected chi connectivity index (χ4v) is 3.35. The van der Waals surface area contributed by atoms with E-state index in [1.54, 1.807) is 18.2 Å². The summed E-state index contributed by atoms with van der Waals surface area (Å²) in [5, 5.41) is 10.8. The highest BCUT2D eigenvalue weighted by molar-refractivity contribution is 5.23. The molecule has 1 N–H and O–H groups in total. The number of benzene rings is 1. The Bertz CT molecular complexity index is 799. The van der Waals surface area contributed by atoms with Gasteiger partial charge in [-0.2, -0.15) is 0 Å². The van der Waals surface area contributed by atoms with Crippen LogP contribution in [0.4, 0.5) is 4.39 Å². The fourth-order valence-electron chi connectivity index (χ4n) is 3.35. The molecule has 0 atom stereocenters. The lowest BCUT2D eigenvalue weighted by molar-refractivity contribution is -0.0527. The van der Waals surface area contributed by atoms with Gasteiger partial charge in [0.15, 0.2) is 11.6 Å². The van der Waals surface area contributed by atoms with E-state index in [4.69, 9.17) is 9.47 Å². The minimum atomic E-state index is -0.919. The summed E-state index contributed by atoms with van der Waals surface area (Å²) in [7, 11) is 0. The van der Waals surface area contributed by atoms with Gasteiger partial charge in [0.25, 0.3) is 0 Å². The summed E-state index contributed by atoms with van der Waals surface area (Å²) in [6.07, 6.45) is 2.02. The van der Waals surface area contributed by atoms with Crippen LogP contribution in [-0.2, 0) is 6.42 Å². The summed E-state index contributed by atoms with van der Waals surface area (Å²) in [6.45, 7) is 8.54. The topological polar surface area (TPSA) is 54.8 Å². The van der Waals surface area contributed by atoms with Crippen LogP contribution in [0.25, 0.3) is 0 Å². The number of hydrogen-bond donors (Lipinski definition) is 1. The third-order valence-corrected chi connectivity index (χ3v) is 5.00. The van der Waals surface area contributed by atoms with Crippen molar-refractivity contribution in [1.29, 1.82) is 0 Å². The molecule has 1 aliphatic rings. The monoisotopic (exact) mass is 402 g/mol. The molecule has 0 unspecified atom stereocenters. The number of rotatable bonds is 7. The van der Waals surface area contributed by atoms with E-state index in [1.165, 1.54) is 6.07 Å². The van der Waals surface area contributed by atoms with E-state index < -0.39 is 11.4 Å². The molecule has 29 heavy (non-hydrogen) atoms. The molecule has 2 aromatic rings. The smallest absolute Gasteiger partial charge is 0.213 e. The van der Waals surface area contributed by atoms with Gasteiger partial charge < -0.3 is 19.5 Å². The third kappa shape index (κ3) is 6.68. The van der Waals surface area contributed by atoms with Gasteiger partial charge in [-0.05, 0) is 51.8 Å². The molecule has 6 heteroatoms. The van der Waals surface area contributed by atoms with Crippen LogP contribution >= 0.6 is 0 Å². The number of nitrogens with zero attached hydrogens (tertiary/aromatic N) is 2. The Balaban J connectivity index is 1.45. The molecular weight excluding hydrogens is 371 g/mol. The maximum Gasteiger partial charge on any atom is 0.213 e. The number of hydrogen-bond acceptors (Lipinski definition) is 5. The second-order valence-electron chi connectivity index (χ2n) is 8.72. The average Bonchev–Trinajstić information content (AvgIpc) is 2.66. The zero-order chi connectivity index (χ0) is 20.9. The van der Waals surface area contributed by atoms with Gasteiger partial charge in [-0.1, -0.05) is 18.2 Å². The standard InChI is InChI=1S/C23H31FN2O3/c1-22(2,3)29-21-10-6-7-18(25-21)11-14-26-15-12-23(27,13-16-26)17-28-20-9-5-4-8-19(20)24/h4-10,27H,11-17H2,1-3H3. The summed E-state index contributed by atoms with van der Waals surface area (Å²) in [4.78, 5) is 6.90. The van der Waals surface area contributed by atoms with Crippen molar-refractivity contribution in [2.75, 3.05) is 26.2 Å². The van der Waals surface area contributed by atoms with Crippen molar-refractivity contribution in [2.45, 2.75) is 51.2 Å². The first kappa shape index (κ1) is 21.5. The molecule has 0 aliphatic carbocycles. The molecule has 1 aromatic heterocycles. The lowest BCUT2D eigenvalue weighted by atomic mass is 9.92. The van der Waals surface area contributed by atoms with Gasteiger partial charge in [-0.15, -0.1) is 0 Å². The van der Waals surface area contributed by atoms with Gasteiger partial charge in [0.05, 0.1) is 0 Å². The molecule has 1 saturated heterocycles. The van der Waals surface area contributed by atoms with Crippen molar-refractivity contribution >= 4 is 0 Å². The molecular formula is C23H31FN2O3. The lowest BCUT2D eigenvalue weighted by Crippen LogP contribution is -2.48. The van der Waals surface area contributed by atoms with Gasteiger partial charge in [-0.3, -0.25) is 0 Å². The maximum absolute atomic E-state index is 13.7. The van der Waals surface area contributed by atoms with Crippen molar-refractivity contribution < 1.29 is 19.0 Å². The molecule has 1 aliphatic heterocycles. The highest BCUT2D eigenvalue weighted by Crippen LogP contribution is 2.25. The van der Waals surface area contributed by atoms with Crippen molar-refractivity contribution in [3.05, 3.63) is 54.0 Å². The van der Waals surface area contributed by atoms with Crippen LogP contribution in [0.3, 0.4) is 0 Å². The van der Waals surface area contributed by atoms with Crippen molar-refractivity contribution in [1.82, 2.24) is 9.88 Å². The van der Waals surface area contributed by atoms with Gasteiger partial charge in [0.2, 0.25) is 5.88 Å². The first-order valence-corrected chi connectivity index (χ1v) is 10.2. The Kier molecular flexibility index (Phi) is 6.75. The van der Waals surface area contributed by atoms with E-state index in [1.807, 2.05) is 39.0 Å². The number of para-hydroxylation sites is 1. The second-order valence-corrected chi connectivity index (χ2v) is 8.72. The largest absolute Gasteiger partial charge is 0.488 e. The van der Waals surface area contributed by atoms with Gasteiger partial charge in [-0.25, -0.2) is 9.37 Å². The zero-order valence-corrected chi connectivity index (χ0v) is 17.5. The minimum Gasteiger partial charge on any atom is -0.488 e. The Hall–Kier alpha value is -2.18. The van der Waals surface area contributed by atoms with E-state index in [9.17, 15) is 9.50 Å². The zero-order valence-electron chi connectivity index (χ0n) is 17.5. The van der Waals surface area contributed by atoms with Gasteiger partial charge in [0.1, 0.15) is 17.8 Å². The van der Waals surface area contributed by atoms with Crippen LogP contribution in [0.5, 0.6) is 11.6 Å². The van der Waals surface area contributed by atoms with Gasteiger partial charge >= 0.3 is 0 Å². The third-order valence-electron chi connectivity index (χ3n) is 5.00. The first-order valence-electron chi connectivity index (χ1n) is 10.2. The molecule has 5 nitrogen and oxygen atoms in total. The van der Waals surface area contributed by atoms with Crippen molar-refractivity contribution in [3.63, 3.8) is 0 Å². The number of ether oxygens (including phenoxy) is 2. The normalized spacial score (nSPS) is 17.1. The Labute approximate surface area is 172 Å². The van der Waals surface area contributed by atoms with Crippen LogP contribution in [0.1, 0.15) is 39.3 Å². The van der Waals surface area contributed by atoms with Crippen molar-refractivity contribution in [3.8, 4) is 11.6 Å². The maximum atomic E-state index is 13.7. The summed E-state index contributed by atoms with van der Waals surface area (Å²) in [6, 6.07) is 12.1. The van der Waals surface area contributed by atoms with Gasteiger partial charge in [0, 0.05) is 37.8 Å². The van der Waals surface area contributed by atoms with E-state index in [2.05, 4.69) is 9.88 Å². The average molecular weight is 403 g/mol. The lowest BCUT2D eigenvalue weighted by Gasteiger charge is -2.37. The number of aromatic nitrogens is 1. The number of piperidine rings is 1. The molecule has 0 spiro atoms. The number of aliphatic hydroxyl groups is 1. The molecule has 2 heterocycles. The van der Waals surface area contributed by atoms with Crippen LogP contribution in [0, 0.1) is 5.82 Å². The quantitative estimate of drug-likeness (QED) is 0.763. The summed E-state index contributed by atoms with van der Waals surface area (Å²) in [5.41, 5.74) is -0.193. The van der Waals surface area contributed by atoms with Crippen LogP contribution in [0.2, 0.25) is 0 Å². The van der Waals surface area contributed by atoms with Crippen LogP contribution in [0.15, 0.2) is 42.5 Å². The molecule has 0 saturated carbocycles. The predicted octanol–water partition coefficient (Wildman–Crippen LogP) is 3.85. The highest BCUT2D eigenvalue weighted by atomic mass is 19.1. The summed E-state index contributed by atoms with van der Waals surface area (Å²) < 4.78 is 25.0. The minimum absolute atomic E-state index is 0.107. The van der Waals surface area contributed by atoms with E-state index in [0.29, 0.717) is 18.7 Å². The highest BCUT2D eigenvalue weighted by Gasteiger charge is 2.33. The Morgan fingerprint density at radius 3 is 2.52 bits per heavy atom. The molecule has 1 fully saturated rings.